The van der Waals surface area contributed by atoms with Crippen molar-refractivity contribution in [3.05, 3.63) is 89.7 Å². The number of nitrogens with zero attached hydrogens (tertiary/aromatic N) is 1. The van der Waals surface area contributed by atoms with Crippen molar-refractivity contribution in [1.82, 2.24) is 0 Å². The molecule has 6 heteroatoms. The van der Waals surface area contributed by atoms with Gasteiger partial charge in [0.05, 0.1) is 24.2 Å². The molecule has 0 aliphatic heterocycles. The first-order valence-electron chi connectivity index (χ1n) is 8.39. The van der Waals surface area contributed by atoms with E-state index in [4.69, 9.17) is 4.74 Å². The predicted octanol–water partition coefficient (Wildman–Crippen LogP) is 4.54. The van der Waals surface area contributed by atoms with E-state index in [-0.39, 0.29) is 17.0 Å². The zero-order chi connectivity index (χ0) is 19.4. The molecule has 27 heavy (non-hydrogen) atoms. The van der Waals surface area contributed by atoms with Crippen LogP contribution < -0.4 is 9.04 Å². The summed E-state index contributed by atoms with van der Waals surface area (Å²) in [6.45, 7) is 1.61. The van der Waals surface area contributed by atoms with Crippen LogP contribution in [0.4, 0.5) is 10.1 Å². The van der Waals surface area contributed by atoms with Gasteiger partial charge in [-0.25, -0.2) is 12.8 Å². The molecule has 0 atom stereocenters. The zero-order valence-corrected chi connectivity index (χ0v) is 15.9. The van der Waals surface area contributed by atoms with Crippen molar-refractivity contribution in [3.63, 3.8) is 0 Å². The summed E-state index contributed by atoms with van der Waals surface area (Å²) in [5, 5.41) is 0. The molecule has 0 unspecified atom stereocenters. The van der Waals surface area contributed by atoms with Gasteiger partial charge in [-0.3, -0.25) is 4.31 Å². The molecule has 0 radical (unpaired) electrons. The Morgan fingerprint density at radius 1 is 0.963 bits per heavy atom. The lowest BCUT2D eigenvalue weighted by molar-refractivity contribution is 0.415. The molecular formula is C21H20FNO3S. The summed E-state index contributed by atoms with van der Waals surface area (Å²) in [4.78, 5) is 0.184. The molecule has 0 N–H and O–H groups in total. The van der Waals surface area contributed by atoms with E-state index < -0.39 is 15.8 Å². The van der Waals surface area contributed by atoms with Gasteiger partial charge in [-0.05, 0) is 36.8 Å². The minimum Gasteiger partial charge on any atom is -0.497 e. The topological polar surface area (TPSA) is 46.6 Å². The van der Waals surface area contributed by atoms with E-state index in [0.717, 1.165) is 0 Å². The molecule has 3 aromatic rings. The highest BCUT2D eigenvalue weighted by Gasteiger charge is 2.27. The Kier molecular flexibility index (Phi) is 5.46. The number of aryl methyl sites for hydroxylation is 1. The van der Waals surface area contributed by atoms with Crippen LogP contribution in [-0.4, -0.2) is 15.5 Å². The van der Waals surface area contributed by atoms with Gasteiger partial charge in [0, 0.05) is 11.6 Å². The highest BCUT2D eigenvalue weighted by molar-refractivity contribution is 7.92. The third-order valence-electron chi connectivity index (χ3n) is 4.27. The van der Waals surface area contributed by atoms with Crippen LogP contribution in [-0.2, 0) is 16.6 Å². The second-order valence-corrected chi connectivity index (χ2v) is 7.90. The molecule has 4 nitrogen and oxygen atoms in total. The van der Waals surface area contributed by atoms with Crippen LogP contribution in [0.5, 0.6) is 5.75 Å². The average Bonchev–Trinajstić information content (AvgIpc) is 2.67. The lowest BCUT2D eigenvalue weighted by Crippen LogP contribution is -2.31. The number of benzene rings is 3. The fraction of sp³-hybridized carbons (Fsp3) is 0.143. The summed E-state index contributed by atoms with van der Waals surface area (Å²) >= 11 is 0. The fourth-order valence-corrected chi connectivity index (χ4v) is 4.49. The summed E-state index contributed by atoms with van der Waals surface area (Å²) in [6.07, 6.45) is 0. The largest absolute Gasteiger partial charge is 0.497 e. The van der Waals surface area contributed by atoms with E-state index in [0.29, 0.717) is 17.0 Å². The number of methoxy groups -OCH3 is 1. The van der Waals surface area contributed by atoms with Crippen LogP contribution in [0.1, 0.15) is 11.1 Å². The number of rotatable bonds is 6. The molecule has 0 aliphatic carbocycles. The van der Waals surface area contributed by atoms with E-state index in [1.165, 1.54) is 17.5 Å². The summed E-state index contributed by atoms with van der Waals surface area (Å²) in [5.41, 5.74) is 1.32. The lowest BCUT2D eigenvalue weighted by Gasteiger charge is -2.26. The lowest BCUT2D eigenvalue weighted by atomic mass is 10.2. The Morgan fingerprint density at radius 2 is 1.67 bits per heavy atom. The maximum Gasteiger partial charge on any atom is 0.264 e. The van der Waals surface area contributed by atoms with Crippen molar-refractivity contribution in [1.29, 1.82) is 0 Å². The number of halogens is 1. The van der Waals surface area contributed by atoms with Crippen molar-refractivity contribution in [2.45, 2.75) is 18.4 Å². The van der Waals surface area contributed by atoms with Crippen LogP contribution in [0.2, 0.25) is 0 Å². The molecule has 3 rings (SSSR count). The minimum atomic E-state index is -3.91. The third-order valence-corrected chi connectivity index (χ3v) is 6.21. The second kappa shape index (κ2) is 7.80. The molecule has 0 amide bonds. The zero-order valence-electron chi connectivity index (χ0n) is 15.1. The number of ether oxygens (including phenoxy) is 1. The predicted molar refractivity (Wildman–Crippen MR) is 104 cm³/mol. The number of hydrogen-bond acceptors (Lipinski definition) is 3. The van der Waals surface area contributed by atoms with E-state index in [1.807, 2.05) is 0 Å². The Hall–Kier alpha value is -2.86. The highest BCUT2D eigenvalue weighted by atomic mass is 32.2. The van der Waals surface area contributed by atoms with Gasteiger partial charge in [0.1, 0.15) is 11.6 Å². The number of hydrogen-bond donors (Lipinski definition) is 0. The van der Waals surface area contributed by atoms with Crippen LogP contribution in [0, 0.1) is 12.7 Å². The first-order chi connectivity index (χ1) is 12.9. The van der Waals surface area contributed by atoms with Gasteiger partial charge in [-0.1, -0.05) is 42.5 Å². The molecule has 0 heterocycles. The van der Waals surface area contributed by atoms with Gasteiger partial charge in [0.2, 0.25) is 0 Å². The molecular weight excluding hydrogens is 365 g/mol. The summed E-state index contributed by atoms with van der Waals surface area (Å²) in [6, 6.07) is 19.6. The highest BCUT2D eigenvalue weighted by Crippen LogP contribution is 2.30. The molecule has 0 saturated heterocycles. The molecule has 0 fully saturated rings. The minimum absolute atomic E-state index is 0.128. The number of sulfonamides is 1. The monoisotopic (exact) mass is 385 g/mol. The van der Waals surface area contributed by atoms with Crippen LogP contribution >= 0.6 is 0 Å². The van der Waals surface area contributed by atoms with Gasteiger partial charge in [0.15, 0.2) is 0 Å². The Morgan fingerprint density at radius 3 is 2.37 bits per heavy atom. The smallest absolute Gasteiger partial charge is 0.264 e. The van der Waals surface area contributed by atoms with Crippen LogP contribution in [0.25, 0.3) is 0 Å². The Bertz CT molecular complexity index is 1050. The number of anilines is 1. The Balaban J connectivity index is 2.15. The maximum absolute atomic E-state index is 14.2. The van der Waals surface area contributed by atoms with Gasteiger partial charge in [-0.2, -0.15) is 0 Å². The molecule has 0 bridgehead atoms. The summed E-state index contributed by atoms with van der Waals surface area (Å²) in [7, 11) is -2.40. The van der Waals surface area contributed by atoms with E-state index in [9.17, 15) is 12.8 Å². The first-order valence-corrected chi connectivity index (χ1v) is 9.83. The molecule has 0 saturated carbocycles. The first kappa shape index (κ1) is 18.9. The van der Waals surface area contributed by atoms with Crippen molar-refractivity contribution < 1.29 is 17.5 Å². The normalized spacial score (nSPS) is 11.2. The molecule has 0 aromatic heterocycles. The fourth-order valence-electron chi connectivity index (χ4n) is 2.83. The standard InChI is InChI=1S/C21H20FNO3S/c1-16-8-3-6-13-21(16)27(24,25)23(15-17-9-4-5-12-20(17)22)18-10-7-11-19(14-18)26-2/h3-14H,15H2,1-2H3. The summed E-state index contributed by atoms with van der Waals surface area (Å²) in [5.74, 6) is 0.0661. The third kappa shape index (κ3) is 3.95. The van der Waals surface area contributed by atoms with Crippen molar-refractivity contribution in [2.24, 2.45) is 0 Å². The van der Waals surface area contributed by atoms with Gasteiger partial charge < -0.3 is 4.74 Å². The molecule has 0 spiro atoms. The Labute approximate surface area is 158 Å². The van der Waals surface area contributed by atoms with E-state index in [2.05, 4.69) is 0 Å². The SMILES string of the molecule is COc1cccc(N(Cc2ccccc2F)S(=O)(=O)c2ccccc2C)c1. The molecule has 3 aromatic carbocycles. The molecule has 140 valence electrons. The quantitative estimate of drug-likeness (QED) is 0.626. The van der Waals surface area contributed by atoms with Crippen molar-refractivity contribution >= 4 is 15.7 Å². The van der Waals surface area contributed by atoms with Gasteiger partial charge in [-0.15, -0.1) is 0 Å². The summed E-state index contributed by atoms with van der Waals surface area (Å²) < 4.78 is 47.5. The van der Waals surface area contributed by atoms with Crippen molar-refractivity contribution in [3.8, 4) is 5.75 Å². The second-order valence-electron chi connectivity index (χ2n) is 6.07. The van der Waals surface area contributed by atoms with Crippen molar-refractivity contribution in [2.75, 3.05) is 11.4 Å². The van der Waals surface area contributed by atoms with Crippen LogP contribution in [0.3, 0.4) is 0 Å². The molecule has 0 aliphatic rings. The van der Waals surface area contributed by atoms with E-state index in [1.54, 1.807) is 73.7 Å². The van der Waals surface area contributed by atoms with Crippen LogP contribution in [0.15, 0.2) is 77.7 Å². The van der Waals surface area contributed by atoms with E-state index >= 15 is 0 Å². The maximum atomic E-state index is 14.2. The van der Waals surface area contributed by atoms with Gasteiger partial charge in [0.25, 0.3) is 10.0 Å². The average molecular weight is 385 g/mol. The van der Waals surface area contributed by atoms with Gasteiger partial charge >= 0.3 is 0 Å².